The van der Waals surface area contributed by atoms with E-state index in [-0.39, 0.29) is 5.70 Å². The first-order chi connectivity index (χ1) is 15.0. The Balaban J connectivity index is 1.49. The van der Waals surface area contributed by atoms with Gasteiger partial charge in [0.2, 0.25) is 5.90 Å². The van der Waals surface area contributed by atoms with Crippen LogP contribution in [0.1, 0.15) is 42.0 Å². The molecule has 3 aromatic carbocycles. The van der Waals surface area contributed by atoms with Gasteiger partial charge in [-0.25, -0.2) is 9.79 Å². The summed E-state index contributed by atoms with van der Waals surface area (Å²) in [4.78, 5) is 16.7. The fourth-order valence-electron chi connectivity index (χ4n) is 3.14. The highest BCUT2D eigenvalue weighted by atomic mass is 79.9. The Morgan fingerprint density at radius 2 is 1.77 bits per heavy atom. The molecule has 0 fully saturated rings. The largest absolute Gasteiger partial charge is 0.489 e. The molecule has 5 heteroatoms. The monoisotopic (exact) mass is 475 g/mol. The van der Waals surface area contributed by atoms with Crippen LogP contribution in [0.4, 0.5) is 0 Å². The zero-order valence-corrected chi connectivity index (χ0v) is 18.9. The highest BCUT2D eigenvalue weighted by Crippen LogP contribution is 2.23. The molecule has 0 atom stereocenters. The minimum Gasteiger partial charge on any atom is -0.489 e. The van der Waals surface area contributed by atoms with Gasteiger partial charge in [0.15, 0.2) is 5.70 Å². The molecule has 0 amide bonds. The fraction of sp³-hybridized carbons (Fsp3) is 0.154. The smallest absolute Gasteiger partial charge is 0.363 e. The van der Waals surface area contributed by atoms with Gasteiger partial charge in [-0.3, -0.25) is 0 Å². The molecule has 0 bridgehead atoms. The van der Waals surface area contributed by atoms with Crippen molar-refractivity contribution >= 4 is 33.9 Å². The topological polar surface area (TPSA) is 47.9 Å². The molecule has 1 aliphatic rings. The summed E-state index contributed by atoms with van der Waals surface area (Å²) >= 11 is 3.43. The summed E-state index contributed by atoms with van der Waals surface area (Å²) in [6, 6.07) is 23.5. The molecular weight excluding hydrogens is 454 g/mol. The molecule has 4 rings (SSSR count). The average molecular weight is 476 g/mol. The molecule has 3 aromatic rings. The van der Waals surface area contributed by atoms with Gasteiger partial charge < -0.3 is 9.47 Å². The molecule has 0 radical (unpaired) electrons. The van der Waals surface area contributed by atoms with Crippen molar-refractivity contribution < 1.29 is 14.3 Å². The highest BCUT2D eigenvalue weighted by Gasteiger charge is 2.24. The van der Waals surface area contributed by atoms with Crippen molar-refractivity contribution in [2.45, 2.75) is 26.4 Å². The van der Waals surface area contributed by atoms with Crippen LogP contribution in [-0.2, 0) is 16.1 Å². The molecule has 31 heavy (non-hydrogen) atoms. The van der Waals surface area contributed by atoms with Crippen molar-refractivity contribution in [3.63, 3.8) is 0 Å². The van der Waals surface area contributed by atoms with E-state index in [9.17, 15) is 4.79 Å². The number of aliphatic imine (C=N–C) groups is 1. The van der Waals surface area contributed by atoms with Gasteiger partial charge in [-0.15, -0.1) is 0 Å². The Kier molecular flexibility index (Phi) is 6.33. The second-order valence-corrected chi connectivity index (χ2v) is 8.52. The second kappa shape index (κ2) is 9.31. The first-order valence-corrected chi connectivity index (χ1v) is 10.9. The SMILES string of the molecule is CC(C)c1ccc(C2=N/C(=C\c3cccc(OCc4ccc(Br)cc4)c3)C(=O)O2)cc1. The van der Waals surface area contributed by atoms with Crippen LogP contribution in [-0.4, -0.2) is 11.9 Å². The molecule has 0 unspecified atom stereocenters. The third-order valence-corrected chi connectivity index (χ3v) is 5.45. The predicted molar refractivity (Wildman–Crippen MR) is 126 cm³/mol. The first-order valence-electron chi connectivity index (χ1n) is 10.1. The molecule has 0 spiro atoms. The lowest BCUT2D eigenvalue weighted by Gasteiger charge is -2.07. The summed E-state index contributed by atoms with van der Waals surface area (Å²) in [6.07, 6.45) is 1.71. The van der Waals surface area contributed by atoms with Crippen LogP contribution in [0.3, 0.4) is 0 Å². The van der Waals surface area contributed by atoms with Gasteiger partial charge >= 0.3 is 5.97 Å². The van der Waals surface area contributed by atoms with Gasteiger partial charge in [-0.05, 0) is 65.1 Å². The molecule has 0 aliphatic carbocycles. The number of cyclic esters (lactones) is 1. The van der Waals surface area contributed by atoms with Gasteiger partial charge in [-0.1, -0.05) is 66.2 Å². The van der Waals surface area contributed by atoms with Crippen molar-refractivity contribution in [2.75, 3.05) is 0 Å². The average Bonchev–Trinajstić information content (AvgIpc) is 3.14. The minimum atomic E-state index is -0.455. The third kappa shape index (κ3) is 5.30. The third-order valence-electron chi connectivity index (χ3n) is 4.93. The zero-order valence-electron chi connectivity index (χ0n) is 17.3. The van der Waals surface area contributed by atoms with Crippen LogP contribution >= 0.6 is 15.9 Å². The van der Waals surface area contributed by atoms with Crippen molar-refractivity contribution in [3.8, 4) is 5.75 Å². The summed E-state index contributed by atoms with van der Waals surface area (Å²) < 4.78 is 12.3. The first kappa shape index (κ1) is 21.1. The lowest BCUT2D eigenvalue weighted by atomic mass is 10.0. The van der Waals surface area contributed by atoms with Gasteiger partial charge in [0, 0.05) is 10.0 Å². The second-order valence-electron chi connectivity index (χ2n) is 7.60. The molecule has 0 saturated heterocycles. The van der Waals surface area contributed by atoms with E-state index in [0.29, 0.717) is 18.4 Å². The van der Waals surface area contributed by atoms with E-state index in [1.165, 1.54) is 5.56 Å². The van der Waals surface area contributed by atoms with E-state index in [4.69, 9.17) is 9.47 Å². The van der Waals surface area contributed by atoms with Gasteiger partial charge in [-0.2, -0.15) is 0 Å². The van der Waals surface area contributed by atoms with Crippen LogP contribution in [0.2, 0.25) is 0 Å². The fourth-order valence-corrected chi connectivity index (χ4v) is 3.41. The van der Waals surface area contributed by atoms with E-state index >= 15 is 0 Å². The summed E-state index contributed by atoms with van der Waals surface area (Å²) in [5.74, 6) is 1.03. The van der Waals surface area contributed by atoms with Crippen LogP contribution in [0.25, 0.3) is 6.08 Å². The number of benzene rings is 3. The molecule has 0 saturated carbocycles. The molecule has 1 heterocycles. The quantitative estimate of drug-likeness (QED) is 0.302. The normalized spacial score (nSPS) is 14.6. The Morgan fingerprint density at radius 3 is 2.48 bits per heavy atom. The number of carbonyl (C=O) groups is 1. The number of nitrogens with zero attached hydrogens (tertiary/aromatic N) is 1. The number of hydrogen-bond donors (Lipinski definition) is 0. The maximum absolute atomic E-state index is 12.3. The Morgan fingerprint density at radius 1 is 1.03 bits per heavy atom. The van der Waals surface area contributed by atoms with Gasteiger partial charge in [0.05, 0.1) is 0 Å². The van der Waals surface area contributed by atoms with Gasteiger partial charge in [0.1, 0.15) is 12.4 Å². The van der Waals surface area contributed by atoms with Crippen molar-refractivity contribution in [2.24, 2.45) is 4.99 Å². The molecule has 1 aliphatic heterocycles. The summed E-state index contributed by atoms with van der Waals surface area (Å²) in [6.45, 7) is 4.74. The van der Waals surface area contributed by atoms with Crippen LogP contribution in [0, 0.1) is 0 Å². The molecule has 4 nitrogen and oxygen atoms in total. The molecular formula is C26H22BrNO3. The zero-order chi connectivity index (χ0) is 21.8. The maximum Gasteiger partial charge on any atom is 0.363 e. The number of ether oxygens (including phenoxy) is 2. The summed E-state index contributed by atoms with van der Waals surface area (Å²) in [7, 11) is 0. The standard InChI is InChI=1S/C26H22BrNO3/c1-17(2)20-8-10-21(11-9-20)25-28-24(26(29)31-25)15-19-4-3-5-23(14-19)30-16-18-6-12-22(27)13-7-18/h3-15,17H,16H2,1-2H3/b24-15-. The maximum atomic E-state index is 12.3. The van der Waals surface area contributed by atoms with Crippen LogP contribution in [0.15, 0.2) is 88.0 Å². The molecule has 0 N–H and O–H groups in total. The highest BCUT2D eigenvalue weighted by molar-refractivity contribution is 9.10. The molecule has 156 valence electrons. The van der Waals surface area contributed by atoms with Crippen molar-refractivity contribution in [1.29, 1.82) is 0 Å². The van der Waals surface area contributed by atoms with Crippen molar-refractivity contribution in [3.05, 3.63) is 105 Å². The van der Waals surface area contributed by atoms with Gasteiger partial charge in [0.25, 0.3) is 0 Å². The van der Waals surface area contributed by atoms with E-state index in [1.807, 2.05) is 72.8 Å². The summed E-state index contributed by atoms with van der Waals surface area (Å²) in [5, 5.41) is 0. The number of halogens is 1. The van der Waals surface area contributed by atoms with E-state index < -0.39 is 5.97 Å². The number of carbonyl (C=O) groups excluding carboxylic acids is 1. The van der Waals surface area contributed by atoms with Crippen molar-refractivity contribution in [1.82, 2.24) is 0 Å². The lowest BCUT2D eigenvalue weighted by Crippen LogP contribution is -2.05. The van der Waals surface area contributed by atoms with E-state index in [1.54, 1.807) is 6.08 Å². The lowest BCUT2D eigenvalue weighted by molar-refractivity contribution is -0.129. The van der Waals surface area contributed by atoms with E-state index in [0.717, 1.165) is 26.9 Å². The Labute approximate surface area is 190 Å². The minimum absolute atomic E-state index is 0.271. The number of esters is 1. The predicted octanol–water partition coefficient (Wildman–Crippen LogP) is 6.50. The van der Waals surface area contributed by atoms with E-state index in [2.05, 4.69) is 34.8 Å². The Bertz CT molecular complexity index is 1150. The number of hydrogen-bond acceptors (Lipinski definition) is 4. The molecule has 0 aromatic heterocycles. The van der Waals surface area contributed by atoms with Crippen LogP contribution < -0.4 is 4.74 Å². The summed E-state index contributed by atoms with van der Waals surface area (Å²) in [5.41, 5.74) is 4.18. The number of rotatable bonds is 6. The Hall–Kier alpha value is -3.18. The van der Waals surface area contributed by atoms with Crippen LogP contribution in [0.5, 0.6) is 5.75 Å².